The van der Waals surface area contributed by atoms with Gasteiger partial charge in [-0.3, -0.25) is 4.79 Å². The van der Waals surface area contributed by atoms with Gasteiger partial charge in [-0.1, -0.05) is 22.0 Å². The van der Waals surface area contributed by atoms with Gasteiger partial charge in [-0.05, 0) is 24.6 Å². The highest BCUT2D eigenvalue weighted by Gasteiger charge is 2.15. The Balaban J connectivity index is 3.03. The van der Waals surface area contributed by atoms with Gasteiger partial charge in [0.2, 0.25) is 0 Å². The van der Waals surface area contributed by atoms with Crippen LogP contribution in [-0.2, 0) is 16.0 Å². The maximum atomic E-state index is 11.7. The van der Waals surface area contributed by atoms with E-state index in [1.165, 1.54) is 0 Å². The van der Waals surface area contributed by atoms with E-state index in [1.807, 2.05) is 0 Å². The third kappa shape index (κ3) is 4.13. The maximum Gasteiger partial charge on any atom is 0.338 e. The van der Waals surface area contributed by atoms with Gasteiger partial charge in [0.15, 0.2) is 5.78 Å². The Hall–Kier alpha value is -0.870. The molecule has 1 aromatic rings. The Bertz CT molecular complexity index is 432. The largest absolute Gasteiger partial charge is 0.462 e. The molecule has 1 rings (SSSR count). The lowest BCUT2D eigenvalue weighted by Gasteiger charge is -2.08. The number of benzene rings is 1. The molecule has 0 saturated carbocycles. The molecule has 0 N–H and O–H groups in total. The van der Waals surface area contributed by atoms with Crippen molar-refractivity contribution in [3.05, 3.63) is 33.8 Å². The molecule has 0 aromatic heterocycles. The Morgan fingerprint density at radius 2 is 2.12 bits per heavy atom. The summed E-state index contributed by atoms with van der Waals surface area (Å²) in [4.78, 5) is 23.0. The maximum absolute atomic E-state index is 11.7. The molecule has 17 heavy (non-hydrogen) atoms. The van der Waals surface area contributed by atoms with E-state index in [0.29, 0.717) is 17.7 Å². The molecule has 92 valence electrons. The van der Waals surface area contributed by atoms with E-state index >= 15 is 0 Å². The van der Waals surface area contributed by atoms with E-state index in [0.717, 1.165) is 4.47 Å². The van der Waals surface area contributed by atoms with Gasteiger partial charge in [0.1, 0.15) is 0 Å². The van der Waals surface area contributed by atoms with Crippen LogP contribution in [0, 0.1) is 0 Å². The number of hydrogen-bond acceptors (Lipinski definition) is 3. The van der Waals surface area contributed by atoms with Gasteiger partial charge in [-0.25, -0.2) is 4.79 Å². The summed E-state index contributed by atoms with van der Waals surface area (Å²) in [5.74, 6) is -0.607. The molecule has 5 heteroatoms. The monoisotopic (exact) mass is 318 g/mol. The summed E-state index contributed by atoms with van der Waals surface area (Å²) in [6, 6.07) is 5.15. The molecule has 0 bridgehead atoms. The van der Waals surface area contributed by atoms with Gasteiger partial charge < -0.3 is 4.74 Å². The van der Waals surface area contributed by atoms with Crippen LogP contribution < -0.4 is 0 Å². The molecule has 0 spiro atoms. The predicted molar refractivity (Wildman–Crippen MR) is 69.5 cm³/mol. The molecule has 0 aliphatic heterocycles. The lowest BCUT2D eigenvalue weighted by atomic mass is 10.0. The number of ether oxygens (including phenoxy) is 1. The van der Waals surface area contributed by atoms with Crippen molar-refractivity contribution in [2.24, 2.45) is 0 Å². The van der Waals surface area contributed by atoms with Gasteiger partial charge in [0.05, 0.1) is 18.1 Å². The lowest BCUT2D eigenvalue weighted by Crippen LogP contribution is -2.12. The average molecular weight is 320 g/mol. The first-order valence-electron chi connectivity index (χ1n) is 5.11. The molecule has 0 heterocycles. The standard InChI is InChI=1S/C12H12BrClO3/c1-2-17-12(16)11-6-9(13)4-3-8(11)5-10(15)7-14/h3-4,6H,2,5,7H2,1H3. The number of hydrogen-bond donors (Lipinski definition) is 0. The number of alkyl halides is 1. The second-order valence-corrected chi connectivity index (χ2v) is 4.55. The van der Waals surface area contributed by atoms with Gasteiger partial charge in [0, 0.05) is 10.9 Å². The lowest BCUT2D eigenvalue weighted by molar-refractivity contribution is -0.116. The Labute approximate surface area is 113 Å². The second-order valence-electron chi connectivity index (χ2n) is 3.37. The van der Waals surface area contributed by atoms with Crippen LogP contribution in [0.15, 0.2) is 22.7 Å². The first-order valence-corrected chi connectivity index (χ1v) is 6.44. The minimum atomic E-state index is -0.425. The van der Waals surface area contributed by atoms with Crippen LogP contribution >= 0.6 is 27.5 Å². The number of Topliss-reactive ketones (excluding diaryl/α,β-unsaturated/α-hetero) is 1. The van der Waals surface area contributed by atoms with Crippen LogP contribution in [-0.4, -0.2) is 24.2 Å². The van der Waals surface area contributed by atoms with Crippen LogP contribution in [0.4, 0.5) is 0 Å². The number of carbonyl (C=O) groups excluding carboxylic acids is 2. The molecule has 0 unspecified atom stereocenters. The molecule has 0 aliphatic carbocycles. The summed E-state index contributed by atoms with van der Waals surface area (Å²) in [7, 11) is 0. The summed E-state index contributed by atoms with van der Waals surface area (Å²) < 4.78 is 5.70. The molecule has 0 radical (unpaired) electrons. The topological polar surface area (TPSA) is 43.4 Å². The fourth-order valence-electron chi connectivity index (χ4n) is 1.36. The van der Waals surface area contributed by atoms with Crippen molar-refractivity contribution in [3.8, 4) is 0 Å². The van der Waals surface area contributed by atoms with E-state index in [2.05, 4.69) is 15.9 Å². The zero-order valence-corrected chi connectivity index (χ0v) is 11.7. The quantitative estimate of drug-likeness (QED) is 0.619. The Morgan fingerprint density at radius 1 is 1.41 bits per heavy atom. The van der Waals surface area contributed by atoms with Crippen molar-refractivity contribution < 1.29 is 14.3 Å². The minimum absolute atomic E-state index is 0.0572. The molecular formula is C12H12BrClO3. The molecule has 3 nitrogen and oxygen atoms in total. The molecule has 0 atom stereocenters. The van der Waals surface area contributed by atoms with Crippen molar-refractivity contribution in [2.45, 2.75) is 13.3 Å². The summed E-state index contributed by atoms with van der Waals surface area (Å²) in [5, 5.41) is 0. The number of carbonyl (C=O) groups is 2. The highest BCUT2D eigenvalue weighted by atomic mass is 79.9. The van der Waals surface area contributed by atoms with E-state index in [-0.39, 0.29) is 18.1 Å². The van der Waals surface area contributed by atoms with E-state index < -0.39 is 5.97 Å². The second kappa shape index (κ2) is 6.77. The van der Waals surface area contributed by atoms with Gasteiger partial charge in [0.25, 0.3) is 0 Å². The zero-order valence-electron chi connectivity index (χ0n) is 9.33. The van der Waals surface area contributed by atoms with Crippen LogP contribution in [0.5, 0.6) is 0 Å². The van der Waals surface area contributed by atoms with Crippen molar-refractivity contribution in [2.75, 3.05) is 12.5 Å². The summed E-state index contributed by atoms with van der Waals surface area (Å²) in [6.45, 7) is 2.04. The fraction of sp³-hybridized carbons (Fsp3) is 0.333. The molecule has 1 aromatic carbocycles. The van der Waals surface area contributed by atoms with Crippen molar-refractivity contribution in [1.29, 1.82) is 0 Å². The predicted octanol–water partition coefficient (Wildman–Crippen LogP) is 2.98. The molecule has 0 saturated heterocycles. The van der Waals surface area contributed by atoms with Crippen molar-refractivity contribution >= 4 is 39.3 Å². The zero-order chi connectivity index (χ0) is 12.8. The van der Waals surface area contributed by atoms with Gasteiger partial charge in [-0.2, -0.15) is 0 Å². The molecule has 0 aliphatic rings. The van der Waals surface area contributed by atoms with E-state index in [4.69, 9.17) is 16.3 Å². The first-order chi connectivity index (χ1) is 8.08. The number of esters is 1. The number of ketones is 1. The van der Waals surface area contributed by atoms with Crippen LogP contribution in [0.25, 0.3) is 0 Å². The smallest absolute Gasteiger partial charge is 0.338 e. The van der Waals surface area contributed by atoms with Gasteiger partial charge in [-0.15, -0.1) is 11.6 Å². The third-order valence-corrected chi connectivity index (χ3v) is 2.90. The summed E-state index contributed by atoms with van der Waals surface area (Å²) >= 11 is 8.73. The van der Waals surface area contributed by atoms with E-state index in [9.17, 15) is 9.59 Å². The fourth-order valence-corrected chi connectivity index (χ4v) is 1.82. The highest BCUT2D eigenvalue weighted by molar-refractivity contribution is 9.10. The van der Waals surface area contributed by atoms with Crippen molar-refractivity contribution in [3.63, 3.8) is 0 Å². The number of halogens is 2. The average Bonchev–Trinajstić information content (AvgIpc) is 2.31. The van der Waals surface area contributed by atoms with Gasteiger partial charge >= 0.3 is 5.97 Å². The minimum Gasteiger partial charge on any atom is -0.462 e. The van der Waals surface area contributed by atoms with E-state index in [1.54, 1.807) is 25.1 Å². The molecule has 0 amide bonds. The normalized spacial score (nSPS) is 10.1. The van der Waals surface area contributed by atoms with Crippen LogP contribution in [0.1, 0.15) is 22.8 Å². The Morgan fingerprint density at radius 3 is 2.71 bits per heavy atom. The third-order valence-electron chi connectivity index (χ3n) is 2.10. The summed E-state index contributed by atoms with van der Waals surface area (Å²) in [5.41, 5.74) is 1.04. The highest BCUT2D eigenvalue weighted by Crippen LogP contribution is 2.18. The Kier molecular flexibility index (Phi) is 5.65. The van der Waals surface area contributed by atoms with Crippen LogP contribution in [0.3, 0.4) is 0 Å². The van der Waals surface area contributed by atoms with Crippen molar-refractivity contribution in [1.82, 2.24) is 0 Å². The summed E-state index contributed by atoms with van der Waals surface area (Å²) in [6.07, 6.45) is 0.144. The SMILES string of the molecule is CCOC(=O)c1cc(Br)ccc1CC(=O)CCl. The molecular weight excluding hydrogens is 307 g/mol. The number of rotatable bonds is 5. The first kappa shape index (κ1) is 14.2. The van der Waals surface area contributed by atoms with Crippen LogP contribution in [0.2, 0.25) is 0 Å². The molecule has 0 fully saturated rings.